The number of hydrogen-bond donors (Lipinski definition) is 1. The minimum atomic E-state index is 0.195. The van der Waals surface area contributed by atoms with Crippen LogP contribution in [0.25, 0.3) is 0 Å². The number of likely N-dealkylation sites (N-methyl/N-ethyl adjacent to an activating group) is 2. The van der Waals surface area contributed by atoms with Crippen molar-refractivity contribution in [1.29, 1.82) is 0 Å². The topological polar surface area (TPSA) is 42.3 Å². The van der Waals surface area contributed by atoms with Crippen LogP contribution in [-0.2, 0) is 11.3 Å². The van der Waals surface area contributed by atoms with Gasteiger partial charge in [0.15, 0.2) is 0 Å². The molecule has 0 radical (unpaired) electrons. The van der Waals surface area contributed by atoms with Crippen LogP contribution in [0.5, 0.6) is 0 Å². The summed E-state index contributed by atoms with van der Waals surface area (Å²) in [4.78, 5) is 2.32. The minimum absolute atomic E-state index is 0.195. The van der Waals surface area contributed by atoms with Crippen LogP contribution in [0.1, 0.15) is 25.1 Å². The molecule has 0 spiro atoms. The van der Waals surface area contributed by atoms with Gasteiger partial charge < -0.3 is 15.0 Å². The molecule has 1 aromatic heterocycles. The van der Waals surface area contributed by atoms with Crippen molar-refractivity contribution in [2.75, 3.05) is 33.8 Å². The van der Waals surface area contributed by atoms with Crippen molar-refractivity contribution in [2.45, 2.75) is 32.0 Å². The summed E-state index contributed by atoms with van der Waals surface area (Å²) in [7, 11) is 4.14. The van der Waals surface area contributed by atoms with E-state index >= 15 is 0 Å². The molecule has 5 nitrogen and oxygen atoms in total. The molecule has 1 N–H and O–H groups in total. The molecule has 5 heteroatoms. The van der Waals surface area contributed by atoms with Crippen molar-refractivity contribution in [3.05, 3.63) is 18.0 Å². The quantitative estimate of drug-likeness (QED) is 0.845. The van der Waals surface area contributed by atoms with Crippen LogP contribution >= 0.6 is 0 Å². The van der Waals surface area contributed by atoms with Crippen molar-refractivity contribution in [2.24, 2.45) is 0 Å². The molecule has 2 unspecified atom stereocenters. The number of aromatic nitrogens is 2. The Balaban J connectivity index is 2.13. The van der Waals surface area contributed by atoms with E-state index < -0.39 is 0 Å². The highest BCUT2D eigenvalue weighted by Gasteiger charge is 2.28. The van der Waals surface area contributed by atoms with Gasteiger partial charge in [-0.05, 0) is 26.6 Å². The highest BCUT2D eigenvalue weighted by atomic mass is 16.5. The molecule has 2 rings (SSSR count). The van der Waals surface area contributed by atoms with Crippen LogP contribution < -0.4 is 5.32 Å². The molecular weight excluding hydrogens is 228 g/mol. The lowest BCUT2D eigenvalue weighted by Gasteiger charge is -2.35. The Morgan fingerprint density at radius 3 is 3.11 bits per heavy atom. The van der Waals surface area contributed by atoms with Gasteiger partial charge in [-0.25, -0.2) is 0 Å². The Hall–Kier alpha value is -0.910. The molecule has 0 saturated carbocycles. The smallest absolute Gasteiger partial charge is 0.0911 e. The number of nitrogens with one attached hydrogen (secondary N) is 1. The maximum Gasteiger partial charge on any atom is 0.0911 e. The van der Waals surface area contributed by atoms with E-state index in [9.17, 15) is 0 Å². The van der Waals surface area contributed by atoms with Crippen molar-refractivity contribution in [1.82, 2.24) is 20.0 Å². The van der Waals surface area contributed by atoms with Crippen molar-refractivity contribution in [3.8, 4) is 0 Å². The summed E-state index contributed by atoms with van der Waals surface area (Å²) in [6.07, 6.45) is 3.17. The van der Waals surface area contributed by atoms with Crippen LogP contribution in [0, 0.1) is 0 Å². The predicted molar refractivity (Wildman–Crippen MR) is 71.6 cm³/mol. The highest BCUT2D eigenvalue weighted by Crippen LogP contribution is 2.21. The number of hydrogen-bond acceptors (Lipinski definition) is 4. The summed E-state index contributed by atoms with van der Waals surface area (Å²) < 4.78 is 8.00. The van der Waals surface area contributed by atoms with Crippen LogP contribution in [-0.4, -0.2) is 54.6 Å². The third-order valence-corrected chi connectivity index (χ3v) is 3.48. The van der Waals surface area contributed by atoms with E-state index in [1.54, 1.807) is 0 Å². The average molecular weight is 252 g/mol. The lowest BCUT2D eigenvalue weighted by Crippen LogP contribution is -2.46. The number of ether oxygens (including phenoxy) is 1. The standard InChI is InChI=1S/C13H24N4O/c1-4-7-17-11(5-6-15-17)13(14-2)12-10-16(3)8-9-18-12/h5-6,12-14H,4,7-10H2,1-3H3. The molecule has 1 aliphatic heterocycles. The first-order chi connectivity index (χ1) is 8.76. The molecule has 0 aliphatic carbocycles. The lowest BCUT2D eigenvalue weighted by atomic mass is 10.1. The molecule has 1 aliphatic rings. The summed E-state index contributed by atoms with van der Waals surface area (Å²) in [5, 5.41) is 7.78. The molecule has 2 atom stereocenters. The van der Waals surface area contributed by atoms with Gasteiger partial charge in [0.1, 0.15) is 0 Å². The molecule has 1 fully saturated rings. The normalized spacial score (nSPS) is 23.2. The number of nitrogens with zero attached hydrogens (tertiary/aromatic N) is 3. The Labute approximate surface area is 109 Å². The van der Waals surface area contributed by atoms with Gasteiger partial charge in [-0.3, -0.25) is 4.68 Å². The fourth-order valence-corrected chi connectivity index (χ4v) is 2.54. The van der Waals surface area contributed by atoms with Gasteiger partial charge in [-0.15, -0.1) is 0 Å². The molecule has 1 aromatic rings. The van der Waals surface area contributed by atoms with Gasteiger partial charge in [-0.2, -0.15) is 5.10 Å². The molecule has 2 heterocycles. The fourth-order valence-electron chi connectivity index (χ4n) is 2.54. The first-order valence-corrected chi connectivity index (χ1v) is 6.75. The molecule has 102 valence electrons. The van der Waals surface area contributed by atoms with E-state index in [0.29, 0.717) is 0 Å². The van der Waals surface area contributed by atoms with Gasteiger partial charge in [0.2, 0.25) is 0 Å². The van der Waals surface area contributed by atoms with E-state index in [2.05, 4.69) is 40.0 Å². The third-order valence-electron chi connectivity index (χ3n) is 3.48. The summed E-state index contributed by atoms with van der Waals surface area (Å²) >= 11 is 0. The second kappa shape index (κ2) is 6.31. The van der Waals surface area contributed by atoms with Gasteiger partial charge in [0.05, 0.1) is 24.4 Å². The van der Waals surface area contributed by atoms with Crippen LogP contribution in [0.2, 0.25) is 0 Å². The van der Waals surface area contributed by atoms with E-state index in [1.165, 1.54) is 5.69 Å². The summed E-state index contributed by atoms with van der Waals surface area (Å²) in [6.45, 7) is 5.92. The highest BCUT2D eigenvalue weighted by molar-refractivity contribution is 5.10. The Morgan fingerprint density at radius 2 is 2.44 bits per heavy atom. The molecule has 0 aromatic carbocycles. The van der Waals surface area contributed by atoms with E-state index in [4.69, 9.17) is 4.74 Å². The fraction of sp³-hybridized carbons (Fsp3) is 0.769. The van der Waals surface area contributed by atoms with E-state index in [0.717, 1.165) is 32.7 Å². The zero-order valence-corrected chi connectivity index (χ0v) is 11.6. The molecule has 18 heavy (non-hydrogen) atoms. The SMILES string of the molecule is CCCn1nccc1C(NC)C1CN(C)CCO1. The number of morpholine rings is 1. The summed E-state index contributed by atoms with van der Waals surface area (Å²) in [5.74, 6) is 0. The number of aryl methyl sites for hydroxylation is 1. The summed E-state index contributed by atoms with van der Waals surface area (Å²) in [6, 6.07) is 2.30. The van der Waals surface area contributed by atoms with Gasteiger partial charge in [0.25, 0.3) is 0 Å². The molecule has 1 saturated heterocycles. The maximum absolute atomic E-state index is 5.91. The summed E-state index contributed by atoms with van der Waals surface area (Å²) in [5.41, 5.74) is 1.22. The van der Waals surface area contributed by atoms with Gasteiger partial charge in [-0.1, -0.05) is 6.92 Å². The second-order valence-electron chi connectivity index (χ2n) is 4.92. The Morgan fingerprint density at radius 1 is 1.61 bits per heavy atom. The second-order valence-corrected chi connectivity index (χ2v) is 4.92. The third kappa shape index (κ3) is 2.91. The molecule has 0 amide bonds. The zero-order chi connectivity index (χ0) is 13.0. The van der Waals surface area contributed by atoms with Crippen molar-refractivity contribution >= 4 is 0 Å². The van der Waals surface area contributed by atoms with E-state index in [1.807, 2.05) is 13.2 Å². The zero-order valence-electron chi connectivity index (χ0n) is 11.6. The monoisotopic (exact) mass is 252 g/mol. The van der Waals surface area contributed by atoms with Crippen LogP contribution in [0.4, 0.5) is 0 Å². The van der Waals surface area contributed by atoms with Gasteiger partial charge >= 0.3 is 0 Å². The Bertz CT molecular complexity index is 366. The van der Waals surface area contributed by atoms with E-state index in [-0.39, 0.29) is 12.1 Å². The average Bonchev–Trinajstić information content (AvgIpc) is 2.79. The molecule has 0 bridgehead atoms. The van der Waals surface area contributed by atoms with Crippen molar-refractivity contribution < 1.29 is 4.74 Å². The first kappa shape index (κ1) is 13.5. The molecular formula is C13H24N4O. The first-order valence-electron chi connectivity index (χ1n) is 6.75. The van der Waals surface area contributed by atoms with Crippen LogP contribution in [0.15, 0.2) is 12.3 Å². The lowest BCUT2D eigenvalue weighted by molar-refractivity contribution is -0.0394. The number of rotatable bonds is 5. The minimum Gasteiger partial charge on any atom is -0.374 e. The Kier molecular flexibility index (Phi) is 4.74. The van der Waals surface area contributed by atoms with Gasteiger partial charge in [0, 0.05) is 25.8 Å². The van der Waals surface area contributed by atoms with Crippen molar-refractivity contribution in [3.63, 3.8) is 0 Å². The van der Waals surface area contributed by atoms with Crippen LogP contribution in [0.3, 0.4) is 0 Å². The predicted octanol–water partition coefficient (Wildman–Crippen LogP) is 0.884. The largest absolute Gasteiger partial charge is 0.374 e. The maximum atomic E-state index is 5.91.